The first kappa shape index (κ1) is 10.8. The van der Waals surface area contributed by atoms with E-state index in [0.29, 0.717) is 13.0 Å². The number of amides is 1. The minimum atomic E-state index is -0.375. The average Bonchev–Trinajstić information content (AvgIpc) is 2.69. The molecule has 0 aliphatic heterocycles. The van der Waals surface area contributed by atoms with Gasteiger partial charge < -0.3 is 15.6 Å². The fourth-order valence-electron chi connectivity index (χ4n) is 1.14. The van der Waals surface area contributed by atoms with Crippen molar-refractivity contribution in [2.24, 2.45) is 5.73 Å². The molecule has 0 radical (unpaired) electrons. The van der Waals surface area contributed by atoms with Gasteiger partial charge in [0.15, 0.2) is 0 Å². The predicted octanol–water partition coefficient (Wildman–Crippen LogP) is 0.342. The Morgan fingerprint density at radius 1 is 1.50 bits per heavy atom. The second-order valence-electron chi connectivity index (χ2n) is 3.23. The minimum Gasteiger partial charge on any atom is -0.353 e. The molecule has 14 heavy (non-hydrogen) atoms. The van der Waals surface area contributed by atoms with E-state index in [2.05, 4.69) is 5.32 Å². The van der Waals surface area contributed by atoms with E-state index in [1.54, 1.807) is 0 Å². The van der Waals surface area contributed by atoms with E-state index in [9.17, 15) is 4.79 Å². The van der Waals surface area contributed by atoms with Crippen LogP contribution in [0.5, 0.6) is 0 Å². The van der Waals surface area contributed by atoms with Gasteiger partial charge in [-0.15, -0.1) is 0 Å². The van der Waals surface area contributed by atoms with Gasteiger partial charge in [0.25, 0.3) is 0 Å². The molecule has 1 aromatic rings. The lowest BCUT2D eigenvalue weighted by atomic mass is 10.2. The molecule has 1 atom stereocenters. The van der Waals surface area contributed by atoms with Gasteiger partial charge in [-0.25, -0.2) is 0 Å². The summed E-state index contributed by atoms with van der Waals surface area (Å²) in [6.45, 7) is 3.31. The highest BCUT2D eigenvalue weighted by molar-refractivity contribution is 5.81. The van der Waals surface area contributed by atoms with Crippen LogP contribution in [0.15, 0.2) is 24.5 Å². The van der Waals surface area contributed by atoms with E-state index in [1.165, 1.54) is 0 Å². The van der Waals surface area contributed by atoms with Crippen molar-refractivity contribution in [1.82, 2.24) is 9.88 Å². The highest BCUT2D eigenvalue weighted by atomic mass is 16.2. The van der Waals surface area contributed by atoms with E-state index in [-0.39, 0.29) is 11.9 Å². The highest BCUT2D eigenvalue weighted by Crippen LogP contribution is 1.89. The average molecular weight is 195 g/mol. The fraction of sp³-hybridized carbons (Fsp3) is 0.500. The SMILES string of the molecule is CCC(N)C(=O)NCCn1cccc1. The van der Waals surface area contributed by atoms with Crippen molar-refractivity contribution in [2.75, 3.05) is 6.54 Å². The molecule has 0 saturated carbocycles. The highest BCUT2D eigenvalue weighted by Gasteiger charge is 2.08. The van der Waals surface area contributed by atoms with Crippen molar-refractivity contribution in [3.8, 4) is 0 Å². The molecule has 78 valence electrons. The third kappa shape index (κ3) is 3.22. The molecule has 0 spiro atoms. The maximum Gasteiger partial charge on any atom is 0.236 e. The van der Waals surface area contributed by atoms with E-state index >= 15 is 0 Å². The second-order valence-corrected chi connectivity index (χ2v) is 3.23. The van der Waals surface area contributed by atoms with Crippen LogP contribution in [0.1, 0.15) is 13.3 Å². The Morgan fingerprint density at radius 2 is 2.14 bits per heavy atom. The summed E-state index contributed by atoms with van der Waals surface area (Å²) in [7, 11) is 0. The second kappa shape index (κ2) is 5.44. The Kier molecular flexibility index (Phi) is 4.19. The van der Waals surface area contributed by atoms with Gasteiger partial charge in [0.05, 0.1) is 6.04 Å². The number of nitrogens with one attached hydrogen (secondary N) is 1. The molecule has 1 aromatic heterocycles. The maximum atomic E-state index is 11.3. The van der Waals surface area contributed by atoms with Gasteiger partial charge in [0, 0.05) is 25.5 Å². The van der Waals surface area contributed by atoms with Crippen molar-refractivity contribution < 1.29 is 4.79 Å². The first-order valence-corrected chi connectivity index (χ1v) is 4.88. The molecule has 0 saturated heterocycles. The number of hydrogen-bond donors (Lipinski definition) is 2. The molecular weight excluding hydrogens is 178 g/mol. The summed E-state index contributed by atoms with van der Waals surface area (Å²) >= 11 is 0. The number of hydrogen-bond acceptors (Lipinski definition) is 2. The first-order valence-electron chi connectivity index (χ1n) is 4.88. The number of nitrogens with two attached hydrogens (primary N) is 1. The van der Waals surface area contributed by atoms with Crippen molar-refractivity contribution in [1.29, 1.82) is 0 Å². The van der Waals surface area contributed by atoms with Gasteiger partial charge in [-0.3, -0.25) is 4.79 Å². The summed E-state index contributed by atoms with van der Waals surface area (Å²) in [4.78, 5) is 11.3. The van der Waals surface area contributed by atoms with Crippen LogP contribution in [0.3, 0.4) is 0 Å². The molecule has 4 nitrogen and oxygen atoms in total. The molecular formula is C10H17N3O. The van der Waals surface area contributed by atoms with E-state index in [1.807, 2.05) is 36.0 Å². The lowest BCUT2D eigenvalue weighted by Crippen LogP contribution is -2.41. The molecule has 4 heteroatoms. The molecule has 0 aromatic carbocycles. The van der Waals surface area contributed by atoms with Crippen LogP contribution in [0.25, 0.3) is 0 Å². The lowest BCUT2D eigenvalue weighted by molar-refractivity contribution is -0.122. The predicted molar refractivity (Wildman–Crippen MR) is 55.7 cm³/mol. The topological polar surface area (TPSA) is 60.1 Å². The summed E-state index contributed by atoms with van der Waals surface area (Å²) in [5, 5.41) is 2.79. The fourth-order valence-corrected chi connectivity index (χ4v) is 1.14. The van der Waals surface area contributed by atoms with Crippen molar-refractivity contribution >= 4 is 5.91 Å². The van der Waals surface area contributed by atoms with Crippen LogP contribution in [-0.4, -0.2) is 23.1 Å². The van der Waals surface area contributed by atoms with Gasteiger partial charge in [-0.05, 0) is 18.6 Å². The van der Waals surface area contributed by atoms with Crippen LogP contribution < -0.4 is 11.1 Å². The molecule has 1 rings (SSSR count). The van der Waals surface area contributed by atoms with Gasteiger partial charge in [-0.1, -0.05) is 6.92 Å². The zero-order chi connectivity index (χ0) is 10.4. The summed E-state index contributed by atoms with van der Waals surface area (Å²) in [6, 6.07) is 3.54. The quantitative estimate of drug-likeness (QED) is 0.712. The standard InChI is InChI=1S/C10H17N3O/c1-2-9(11)10(14)12-5-8-13-6-3-4-7-13/h3-4,6-7,9H,2,5,8,11H2,1H3,(H,12,14). The monoisotopic (exact) mass is 195 g/mol. The smallest absolute Gasteiger partial charge is 0.236 e. The molecule has 1 amide bonds. The van der Waals surface area contributed by atoms with E-state index in [4.69, 9.17) is 5.73 Å². The lowest BCUT2D eigenvalue weighted by Gasteiger charge is -2.10. The third-order valence-electron chi connectivity index (χ3n) is 2.11. The molecule has 0 aliphatic carbocycles. The van der Waals surface area contributed by atoms with Crippen LogP contribution in [0, 0.1) is 0 Å². The van der Waals surface area contributed by atoms with E-state index < -0.39 is 0 Å². The first-order chi connectivity index (χ1) is 6.74. The van der Waals surface area contributed by atoms with Gasteiger partial charge in [0.2, 0.25) is 5.91 Å². The number of nitrogens with zero attached hydrogens (tertiary/aromatic N) is 1. The summed E-state index contributed by atoms with van der Waals surface area (Å²) < 4.78 is 2.01. The molecule has 0 bridgehead atoms. The molecule has 3 N–H and O–H groups in total. The normalized spacial score (nSPS) is 12.4. The van der Waals surface area contributed by atoms with Crippen molar-refractivity contribution in [3.05, 3.63) is 24.5 Å². The summed E-state index contributed by atoms with van der Waals surface area (Å²) in [6.07, 6.45) is 4.60. The maximum absolute atomic E-state index is 11.3. The molecule has 0 fully saturated rings. The van der Waals surface area contributed by atoms with Gasteiger partial charge in [-0.2, -0.15) is 0 Å². The van der Waals surface area contributed by atoms with E-state index in [0.717, 1.165) is 6.54 Å². The van der Waals surface area contributed by atoms with Crippen molar-refractivity contribution in [3.63, 3.8) is 0 Å². The van der Waals surface area contributed by atoms with Gasteiger partial charge in [0.1, 0.15) is 0 Å². The number of rotatable bonds is 5. The van der Waals surface area contributed by atoms with Crippen LogP contribution in [0.2, 0.25) is 0 Å². The molecule has 0 aliphatic rings. The van der Waals surface area contributed by atoms with Crippen LogP contribution in [0.4, 0.5) is 0 Å². The molecule has 1 unspecified atom stereocenters. The largest absolute Gasteiger partial charge is 0.353 e. The Morgan fingerprint density at radius 3 is 2.71 bits per heavy atom. The number of carbonyl (C=O) groups excluding carboxylic acids is 1. The summed E-state index contributed by atoms with van der Waals surface area (Å²) in [5.74, 6) is -0.0698. The minimum absolute atomic E-state index is 0.0698. The van der Waals surface area contributed by atoms with Gasteiger partial charge >= 0.3 is 0 Å². The Balaban J connectivity index is 2.18. The van der Waals surface area contributed by atoms with Crippen LogP contribution >= 0.6 is 0 Å². The Bertz CT molecular complexity index is 269. The zero-order valence-corrected chi connectivity index (χ0v) is 8.44. The van der Waals surface area contributed by atoms with Crippen LogP contribution in [-0.2, 0) is 11.3 Å². The molecule has 1 heterocycles. The Labute approximate surface area is 84.1 Å². The zero-order valence-electron chi connectivity index (χ0n) is 8.44. The number of carbonyl (C=O) groups is 1. The Hall–Kier alpha value is -1.29. The van der Waals surface area contributed by atoms with Crippen molar-refractivity contribution in [2.45, 2.75) is 25.9 Å². The summed E-state index contributed by atoms with van der Waals surface area (Å²) in [5.41, 5.74) is 5.56. The third-order valence-corrected chi connectivity index (χ3v) is 2.11. The number of aromatic nitrogens is 1.